The number of carboxylic acid groups (broad SMARTS) is 1. The lowest BCUT2D eigenvalue weighted by molar-refractivity contribution is -0.137. The van der Waals surface area contributed by atoms with Crippen molar-refractivity contribution in [1.29, 1.82) is 0 Å². The minimum atomic E-state index is -0.937. The third-order valence-electron chi connectivity index (χ3n) is 1.53. The number of hydrogen-bond acceptors (Lipinski definition) is 5. The monoisotopic (exact) mass is 281 g/mol. The van der Waals surface area contributed by atoms with Gasteiger partial charge >= 0.3 is 12.1 Å². The summed E-state index contributed by atoms with van der Waals surface area (Å²) in [5.74, 6) is -0.403. The highest BCUT2D eigenvalue weighted by atomic mass is 33.1. The molecular weight excluding hydrogens is 262 g/mol. The van der Waals surface area contributed by atoms with E-state index in [1.54, 1.807) is 20.8 Å². The maximum absolute atomic E-state index is 11.5. The fourth-order valence-corrected chi connectivity index (χ4v) is 2.39. The first-order valence-corrected chi connectivity index (χ1v) is 7.84. The molecule has 0 aromatic heterocycles. The number of amides is 1. The van der Waals surface area contributed by atoms with Gasteiger partial charge in [0.1, 0.15) is 5.60 Å². The van der Waals surface area contributed by atoms with Gasteiger partial charge in [0, 0.05) is 5.75 Å². The lowest BCUT2D eigenvalue weighted by Gasteiger charge is -2.22. The summed E-state index contributed by atoms with van der Waals surface area (Å²) < 4.78 is 5.07. The van der Waals surface area contributed by atoms with Crippen LogP contribution in [0.15, 0.2) is 0 Å². The van der Waals surface area contributed by atoms with Crippen LogP contribution in [-0.2, 0) is 9.53 Å². The lowest BCUT2D eigenvalue weighted by Crippen LogP contribution is -2.41. The molecule has 0 aromatic rings. The molecule has 5 nitrogen and oxygen atoms in total. The highest BCUT2D eigenvalue weighted by Crippen LogP contribution is 2.19. The van der Waals surface area contributed by atoms with E-state index in [9.17, 15) is 9.59 Å². The molecule has 0 saturated carbocycles. The molecule has 0 heterocycles. The molecule has 0 radical (unpaired) electrons. The standard InChI is InChI=1S/C10H19NO4S2/c1-10(2,3)15-9(14)11-7(5-8(12)13)6-17-16-4/h7H,5-6H2,1-4H3,(H,11,14)(H,12,13)/t7-/m1/s1. The normalized spacial score (nSPS) is 12.9. The number of rotatable bonds is 6. The van der Waals surface area contributed by atoms with Crippen molar-refractivity contribution in [2.24, 2.45) is 0 Å². The van der Waals surface area contributed by atoms with E-state index < -0.39 is 23.7 Å². The van der Waals surface area contributed by atoms with Crippen LogP contribution < -0.4 is 5.32 Å². The number of alkyl carbamates (subject to hydrolysis) is 1. The Morgan fingerprint density at radius 3 is 2.41 bits per heavy atom. The molecule has 0 aliphatic rings. The van der Waals surface area contributed by atoms with E-state index in [0.717, 1.165) is 0 Å². The van der Waals surface area contributed by atoms with Crippen LogP contribution in [0.2, 0.25) is 0 Å². The molecule has 0 unspecified atom stereocenters. The maximum Gasteiger partial charge on any atom is 0.407 e. The molecule has 2 N–H and O–H groups in total. The van der Waals surface area contributed by atoms with Gasteiger partial charge in [-0.25, -0.2) is 4.79 Å². The highest BCUT2D eigenvalue weighted by molar-refractivity contribution is 8.76. The second-order valence-electron chi connectivity index (χ2n) is 4.39. The van der Waals surface area contributed by atoms with Crippen LogP contribution in [0.3, 0.4) is 0 Å². The fourth-order valence-electron chi connectivity index (χ4n) is 0.987. The second-order valence-corrected chi connectivity index (χ2v) is 7.00. The number of hydrogen-bond donors (Lipinski definition) is 2. The number of carbonyl (C=O) groups excluding carboxylic acids is 1. The molecule has 0 saturated heterocycles. The molecule has 0 spiro atoms. The Bertz CT molecular complexity index is 266. The molecule has 0 rings (SSSR count). The molecule has 0 bridgehead atoms. The van der Waals surface area contributed by atoms with Crippen molar-refractivity contribution in [2.75, 3.05) is 12.0 Å². The molecule has 0 aromatic carbocycles. The van der Waals surface area contributed by atoms with Crippen LogP contribution in [0.4, 0.5) is 4.79 Å². The molecule has 7 heteroatoms. The van der Waals surface area contributed by atoms with Crippen molar-refractivity contribution in [1.82, 2.24) is 5.32 Å². The summed E-state index contributed by atoms with van der Waals surface area (Å²) in [6.07, 6.45) is 1.22. The van der Waals surface area contributed by atoms with Gasteiger partial charge in [-0.3, -0.25) is 4.79 Å². The van der Waals surface area contributed by atoms with Crippen LogP contribution in [0.1, 0.15) is 27.2 Å². The number of carboxylic acids is 1. The first-order chi connectivity index (χ1) is 7.74. The highest BCUT2D eigenvalue weighted by Gasteiger charge is 2.21. The van der Waals surface area contributed by atoms with Crippen molar-refractivity contribution >= 4 is 33.7 Å². The maximum atomic E-state index is 11.5. The fraction of sp³-hybridized carbons (Fsp3) is 0.800. The average molecular weight is 281 g/mol. The zero-order chi connectivity index (χ0) is 13.5. The Hall–Kier alpha value is -0.560. The van der Waals surface area contributed by atoms with Crippen LogP contribution >= 0.6 is 21.6 Å². The van der Waals surface area contributed by atoms with Crippen molar-refractivity contribution in [3.8, 4) is 0 Å². The lowest BCUT2D eigenvalue weighted by atomic mass is 10.2. The SMILES string of the molecule is CSSC[C@@H](CC(=O)O)NC(=O)OC(C)(C)C. The molecule has 1 atom stereocenters. The molecular formula is C10H19NO4S2. The molecule has 0 aliphatic heterocycles. The number of aliphatic carboxylic acids is 1. The van der Waals surface area contributed by atoms with E-state index in [-0.39, 0.29) is 6.42 Å². The first kappa shape index (κ1) is 16.4. The van der Waals surface area contributed by atoms with Gasteiger partial charge in [0.25, 0.3) is 0 Å². The molecule has 17 heavy (non-hydrogen) atoms. The quantitative estimate of drug-likeness (QED) is 0.728. The topological polar surface area (TPSA) is 75.6 Å². The van der Waals surface area contributed by atoms with E-state index in [4.69, 9.17) is 9.84 Å². The summed E-state index contributed by atoms with van der Waals surface area (Å²) in [5, 5.41) is 11.3. The van der Waals surface area contributed by atoms with Crippen molar-refractivity contribution < 1.29 is 19.4 Å². The van der Waals surface area contributed by atoms with Gasteiger partial charge in [-0.2, -0.15) is 0 Å². The second kappa shape index (κ2) is 7.71. The van der Waals surface area contributed by atoms with Gasteiger partial charge in [-0.1, -0.05) is 21.6 Å². The zero-order valence-electron chi connectivity index (χ0n) is 10.5. The third-order valence-corrected chi connectivity index (χ3v) is 3.42. The third kappa shape index (κ3) is 10.3. The summed E-state index contributed by atoms with van der Waals surface area (Å²) >= 11 is 0. The number of carbonyl (C=O) groups is 2. The van der Waals surface area contributed by atoms with Crippen molar-refractivity contribution in [2.45, 2.75) is 38.8 Å². The van der Waals surface area contributed by atoms with Crippen LogP contribution in [0.25, 0.3) is 0 Å². The van der Waals surface area contributed by atoms with Gasteiger partial charge < -0.3 is 15.2 Å². The molecule has 0 aliphatic carbocycles. The van der Waals surface area contributed by atoms with Gasteiger partial charge in [-0.15, -0.1) is 0 Å². The van der Waals surface area contributed by atoms with Crippen LogP contribution in [0.5, 0.6) is 0 Å². The Morgan fingerprint density at radius 1 is 1.41 bits per heavy atom. The molecule has 100 valence electrons. The van der Waals surface area contributed by atoms with E-state index >= 15 is 0 Å². The summed E-state index contributed by atoms with van der Waals surface area (Å²) in [7, 11) is 3.03. The largest absolute Gasteiger partial charge is 0.481 e. The van der Waals surface area contributed by atoms with Crippen molar-refractivity contribution in [3.63, 3.8) is 0 Å². The summed E-state index contributed by atoms with van der Waals surface area (Å²) in [4.78, 5) is 22.1. The molecule has 0 fully saturated rings. The Kier molecular flexibility index (Phi) is 7.45. The predicted octanol–water partition coefficient (Wildman–Crippen LogP) is 2.37. The minimum Gasteiger partial charge on any atom is -0.481 e. The summed E-state index contributed by atoms with van der Waals surface area (Å²) in [6.45, 7) is 5.28. The average Bonchev–Trinajstić information content (AvgIpc) is 2.09. The van der Waals surface area contributed by atoms with Crippen LogP contribution in [-0.4, -0.2) is 40.8 Å². The van der Waals surface area contributed by atoms with E-state index in [1.807, 2.05) is 6.26 Å². The molecule has 1 amide bonds. The summed E-state index contributed by atoms with van der Waals surface area (Å²) in [5.41, 5.74) is -0.579. The van der Waals surface area contributed by atoms with Gasteiger partial charge in [0.2, 0.25) is 0 Å². The predicted molar refractivity (Wildman–Crippen MR) is 71.4 cm³/mol. The smallest absolute Gasteiger partial charge is 0.407 e. The van der Waals surface area contributed by atoms with Gasteiger partial charge in [0.05, 0.1) is 12.5 Å². The van der Waals surface area contributed by atoms with E-state index in [2.05, 4.69) is 5.32 Å². The van der Waals surface area contributed by atoms with Gasteiger partial charge in [0.15, 0.2) is 0 Å². The zero-order valence-corrected chi connectivity index (χ0v) is 12.1. The Morgan fingerprint density at radius 2 is 2.00 bits per heavy atom. The van der Waals surface area contributed by atoms with Gasteiger partial charge in [-0.05, 0) is 27.0 Å². The Labute approximate surface area is 109 Å². The number of ether oxygens (including phenoxy) is 1. The van der Waals surface area contributed by atoms with Crippen LogP contribution in [0, 0.1) is 0 Å². The minimum absolute atomic E-state index is 0.104. The van der Waals surface area contributed by atoms with E-state index in [1.165, 1.54) is 21.6 Å². The van der Waals surface area contributed by atoms with Crippen molar-refractivity contribution in [3.05, 3.63) is 0 Å². The number of nitrogens with one attached hydrogen (secondary N) is 1. The summed E-state index contributed by atoms with van der Waals surface area (Å²) in [6, 6.07) is -0.417. The first-order valence-electron chi connectivity index (χ1n) is 5.11. The Balaban J connectivity index is 4.21. The van der Waals surface area contributed by atoms with E-state index in [0.29, 0.717) is 5.75 Å².